The Hall–Kier alpha value is -2.39. The van der Waals surface area contributed by atoms with Gasteiger partial charge in [0.1, 0.15) is 5.82 Å². The quantitative estimate of drug-likeness (QED) is 0.777. The Kier molecular flexibility index (Phi) is 3.05. The van der Waals surface area contributed by atoms with E-state index in [1.54, 1.807) is 0 Å². The third-order valence-corrected chi connectivity index (χ3v) is 4.02. The summed E-state index contributed by atoms with van der Waals surface area (Å²) in [5.74, 6) is 1.13. The van der Waals surface area contributed by atoms with Crippen LogP contribution in [0.4, 0.5) is 0 Å². The fraction of sp³-hybridized carbons (Fsp3) is 0.167. The largest absolute Gasteiger partial charge is 0.326 e. The van der Waals surface area contributed by atoms with E-state index in [2.05, 4.69) is 63.4 Å². The second-order valence-electron chi connectivity index (χ2n) is 5.33. The van der Waals surface area contributed by atoms with Gasteiger partial charge in [0.25, 0.3) is 0 Å². The van der Waals surface area contributed by atoms with Crippen LogP contribution < -0.4 is 5.32 Å². The van der Waals surface area contributed by atoms with E-state index < -0.39 is 0 Å². The summed E-state index contributed by atoms with van der Waals surface area (Å²) in [6.07, 6.45) is 1.99. The van der Waals surface area contributed by atoms with Crippen LogP contribution in [0, 0.1) is 0 Å². The highest BCUT2D eigenvalue weighted by atomic mass is 15.2. The predicted octanol–water partition coefficient (Wildman–Crippen LogP) is 3.32. The molecule has 1 aliphatic heterocycles. The molecule has 0 aliphatic carbocycles. The van der Waals surface area contributed by atoms with E-state index in [0.29, 0.717) is 0 Å². The number of imidazole rings is 1. The van der Waals surface area contributed by atoms with E-state index in [0.717, 1.165) is 25.5 Å². The Morgan fingerprint density at radius 2 is 1.57 bits per heavy atom. The molecule has 4 rings (SSSR count). The van der Waals surface area contributed by atoms with Crippen molar-refractivity contribution in [1.82, 2.24) is 14.9 Å². The summed E-state index contributed by atoms with van der Waals surface area (Å²) >= 11 is 0. The number of aromatic nitrogens is 2. The van der Waals surface area contributed by atoms with Crippen molar-refractivity contribution in [2.24, 2.45) is 0 Å². The van der Waals surface area contributed by atoms with Gasteiger partial charge < -0.3 is 9.88 Å². The minimum Gasteiger partial charge on any atom is -0.326 e. The minimum atomic E-state index is 0.863. The van der Waals surface area contributed by atoms with Crippen LogP contribution in [-0.2, 0) is 13.1 Å². The van der Waals surface area contributed by atoms with Crippen molar-refractivity contribution < 1.29 is 0 Å². The number of nitrogens with one attached hydrogen (secondary N) is 1. The van der Waals surface area contributed by atoms with Gasteiger partial charge in [-0.1, -0.05) is 54.6 Å². The first-order chi connectivity index (χ1) is 10.4. The maximum atomic E-state index is 4.51. The molecule has 2 heterocycles. The third-order valence-electron chi connectivity index (χ3n) is 4.02. The fourth-order valence-corrected chi connectivity index (χ4v) is 2.89. The topological polar surface area (TPSA) is 29.9 Å². The van der Waals surface area contributed by atoms with Gasteiger partial charge in [0, 0.05) is 13.1 Å². The van der Waals surface area contributed by atoms with Gasteiger partial charge in [0.15, 0.2) is 0 Å². The second-order valence-corrected chi connectivity index (χ2v) is 5.33. The lowest BCUT2D eigenvalue weighted by Gasteiger charge is -2.17. The van der Waals surface area contributed by atoms with E-state index in [-0.39, 0.29) is 0 Å². The number of benzene rings is 2. The molecule has 3 aromatic rings. The van der Waals surface area contributed by atoms with Crippen molar-refractivity contribution >= 4 is 0 Å². The van der Waals surface area contributed by atoms with Crippen molar-refractivity contribution in [2.45, 2.75) is 13.1 Å². The van der Waals surface area contributed by atoms with Gasteiger partial charge in [-0.25, -0.2) is 4.98 Å². The maximum absolute atomic E-state index is 4.51. The molecular weight excluding hydrogens is 258 g/mol. The van der Waals surface area contributed by atoms with Crippen LogP contribution in [0.25, 0.3) is 22.4 Å². The highest BCUT2D eigenvalue weighted by Gasteiger charge is 2.14. The third kappa shape index (κ3) is 2.26. The van der Waals surface area contributed by atoms with Crippen LogP contribution >= 0.6 is 0 Å². The molecule has 21 heavy (non-hydrogen) atoms. The zero-order valence-corrected chi connectivity index (χ0v) is 11.8. The standard InChI is InChI=1S/C18H17N3/c1-2-4-14(5-3-1)15-6-8-16(9-7-15)17-12-20-18-13-19-10-11-21(17)18/h1-9,12,19H,10-11,13H2. The van der Waals surface area contributed by atoms with Crippen molar-refractivity contribution in [1.29, 1.82) is 0 Å². The molecule has 3 heteroatoms. The first-order valence-electron chi connectivity index (χ1n) is 7.33. The Morgan fingerprint density at radius 3 is 2.38 bits per heavy atom. The lowest BCUT2D eigenvalue weighted by molar-refractivity contribution is 0.508. The Morgan fingerprint density at radius 1 is 0.857 bits per heavy atom. The van der Waals surface area contributed by atoms with Crippen LogP contribution in [0.2, 0.25) is 0 Å². The fourth-order valence-electron chi connectivity index (χ4n) is 2.89. The summed E-state index contributed by atoms with van der Waals surface area (Å²) in [4.78, 5) is 4.51. The van der Waals surface area contributed by atoms with E-state index in [1.165, 1.54) is 22.4 Å². The molecule has 0 saturated heterocycles. The van der Waals surface area contributed by atoms with Crippen molar-refractivity contribution in [2.75, 3.05) is 6.54 Å². The van der Waals surface area contributed by atoms with Gasteiger partial charge in [-0.3, -0.25) is 0 Å². The smallest absolute Gasteiger partial charge is 0.123 e. The highest BCUT2D eigenvalue weighted by molar-refractivity contribution is 5.68. The Balaban J connectivity index is 1.69. The Labute approximate surface area is 124 Å². The van der Waals surface area contributed by atoms with Crippen LogP contribution in [-0.4, -0.2) is 16.1 Å². The van der Waals surface area contributed by atoms with Crippen molar-refractivity contribution in [3.05, 3.63) is 66.6 Å². The van der Waals surface area contributed by atoms with Gasteiger partial charge in [0.2, 0.25) is 0 Å². The van der Waals surface area contributed by atoms with Crippen molar-refractivity contribution in [3.63, 3.8) is 0 Å². The van der Waals surface area contributed by atoms with E-state index >= 15 is 0 Å². The lowest BCUT2D eigenvalue weighted by atomic mass is 10.0. The Bertz CT molecular complexity index is 742. The lowest BCUT2D eigenvalue weighted by Crippen LogP contribution is -2.28. The number of nitrogens with zero attached hydrogens (tertiary/aromatic N) is 2. The van der Waals surface area contributed by atoms with Gasteiger partial charge in [-0.15, -0.1) is 0 Å². The molecule has 0 amide bonds. The summed E-state index contributed by atoms with van der Waals surface area (Å²) in [6, 6.07) is 19.2. The summed E-state index contributed by atoms with van der Waals surface area (Å²) < 4.78 is 2.31. The monoisotopic (exact) mass is 275 g/mol. The normalized spacial score (nSPS) is 13.9. The molecule has 104 valence electrons. The molecule has 2 aromatic carbocycles. The zero-order valence-electron chi connectivity index (χ0n) is 11.8. The summed E-state index contributed by atoms with van der Waals surface area (Å²) in [6.45, 7) is 2.87. The molecule has 1 aromatic heterocycles. The highest BCUT2D eigenvalue weighted by Crippen LogP contribution is 2.26. The van der Waals surface area contributed by atoms with Crippen LogP contribution in [0.1, 0.15) is 5.82 Å². The molecule has 1 N–H and O–H groups in total. The van der Waals surface area contributed by atoms with Gasteiger partial charge in [-0.05, 0) is 16.7 Å². The molecule has 0 radical (unpaired) electrons. The van der Waals surface area contributed by atoms with Crippen molar-refractivity contribution in [3.8, 4) is 22.4 Å². The molecule has 0 atom stereocenters. The maximum Gasteiger partial charge on any atom is 0.123 e. The minimum absolute atomic E-state index is 0.863. The summed E-state index contributed by atoms with van der Waals surface area (Å²) in [5, 5.41) is 3.35. The second kappa shape index (κ2) is 5.19. The molecular formula is C18H17N3. The number of fused-ring (bicyclic) bond motifs is 1. The average Bonchev–Trinajstić information content (AvgIpc) is 3.00. The van der Waals surface area contributed by atoms with E-state index in [4.69, 9.17) is 0 Å². The van der Waals surface area contributed by atoms with Crippen LogP contribution in [0.3, 0.4) is 0 Å². The molecule has 1 aliphatic rings. The summed E-state index contributed by atoms with van der Waals surface area (Å²) in [5.41, 5.74) is 4.95. The summed E-state index contributed by atoms with van der Waals surface area (Å²) in [7, 11) is 0. The zero-order chi connectivity index (χ0) is 14.1. The number of rotatable bonds is 2. The molecule has 3 nitrogen and oxygen atoms in total. The van der Waals surface area contributed by atoms with E-state index in [9.17, 15) is 0 Å². The number of hydrogen-bond acceptors (Lipinski definition) is 2. The van der Waals surface area contributed by atoms with Gasteiger partial charge in [0.05, 0.1) is 18.4 Å². The van der Waals surface area contributed by atoms with Crippen LogP contribution in [0.15, 0.2) is 60.8 Å². The molecule has 0 saturated carbocycles. The first kappa shape index (κ1) is 12.4. The predicted molar refractivity (Wildman–Crippen MR) is 84.8 cm³/mol. The van der Waals surface area contributed by atoms with E-state index in [1.807, 2.05) is 12.3 Å². The van der Waals surface area contributed by atoms with Gasteiger partial charge >= 0.3 is 0 Å². The molecule has 0 fully saturated rings. The molecule has 0 unspecified atom stereocenters. The average molecular weight is 275 g/mol. The van der Waals surface area contributed by atoms with Crippen LogP contribution in [0.5, 0.6) is 0 Å². The molecule has 0 bridgehead atoms. The number of hydrogen-bond donors (Lipinski definition) is 1. The van der Waals surface area contributed by atoms with Gasteiger partial charge in [-0.2, -0.15) is 0 Å². The molecule has 0 spiro atoms. The SMILES string of the molecule is c1ccc(-c2ccc(-c3cnc4n3CCNC4)cc2)cc1. The first-order valence-corrected chi connectivity index (χ1v) is 7.33.